The second kappa shape index (κ2) is 7.44. The van der Waals surface area contributed by atoms with Crippen molar-refractivity contribution in [1.82, 2.24) is 29.5 Å². The van der Waals surface area contributed by atoms with Gasteiger partial charge in [0.15, 0.2) is 0 Å². The van der Waals surface area contributed by atoms with Gasteiger partial charge in [-0.25, -0.2) is 19.9 Å². The first-order valence-electron chi connectivity index (χ1n) is 6.51. The Morgan fingerprint density at radius 1 is 1.09 bits per heavy atom. The number of nitrogens with zero attached hydrogens (tertiary/aromatic N) is 6. The molecule has 0 radical (unpaired) electrons. The summed E-state index contributed by atoms with van der Waals surface area (Å²) in [6.45, 7) is 0.330. The molecule has 9 heteroatoms. The van der Waals surface area contributed by atoms with Crippen molar-refractivity contribution in [3.05, 3.63) is 46.8 Å². The molecule has 0 amide bonds. The third-order valence-electron chi connectivity index (χ3n) is 2.79. The fraction of sp³-hybridized carbons (Fsp3) is 0.0714. The van der Waals surface area contributed by atoms with Crippen molar-refractivity contribution in [3.8, 4) is 28.8 Å². The van der Waals surface area contributed by atoms with Crippen LogP contribution in [0.25, 0.3) is 22.8 Å². The molecule has 0 aliphatic carbocycles. The Bertz CT molecular complexity index is 823. The van der Waals surface area contributed by atoms with Gasteiger partial charge in [-0.05, 0) is 0 Å². The molecule has 4 heterocycles. The number of aromatic amines is 1. The van der Waals surface area contributed by atoms with Gasteiger partial charge in [-0.15, -0.1) is 22.7 Å². The predicted molar refractivity (Wildman–Crippen MR) is 88.6 cm³/mol. The summed E-state index contributed by atoms with van der Waals surface area (Å²) in [6, 6.07) is 2.05. The van der Waals surface area contributed by atoms with E-state index in [0.29, 0.717) is 6.54 Å². The van der Waals surface area contributed by atoms with Crippen LogP contribution in [0.3, 0.4) is 0 Å². The maximum absolute atomic E-state index is 8.45. The molecular weight excluding hydrogens is 330 g/mol. The number of thiazole rings is 2. The van der Waals surface area contributed by atoms with Gasteiger partial charge >= 0.3 is 0 Å². The topological polar surface area (TPSA) is 96.1 Å². The number of nitriles is 1. The lowest BCUT2D eigenvalue weighted by atomic mass is 10.4. The van der Waals surface area contributed by atoms with Gasteiger partial charge in [0, 0.05) is 17.0 Å². The zero-order chi connectivity index (χ0) is 15.9. The fourth-order valence-electron chi connectivity index (χ4n) is 1.74. The molecule has 0 atom stereocenters. The largest absolute Gasteiger partial charge is 0.343 e. The van der Waals surface area contributed by atoms with Gasteiger partial charge in [-0.3, -0.25) is 0 Å². The lowest BCUT2D eigenvalue weighted by Crippen LogP contribution is -1.88. The predicted octanol–water partition coefficient (Wildman–Crippen LogP) is 3.06. The Labute approximate surface area is 140 Å². The highest BCUT2D eigenvalue weighted by molar-refractivity contribution is 7.08. The van der Waals surface area contributed by atoms with Crippen molar-refractivity contribution in [2.24, 2.45) is 0 Å². The van der Waals surface area contributed by atoms with E-state index in [1.807, 2.05) is 23.0 Å². The first kappa shape index (κ1) is 15.1. The van der Waals surface area contributed by atoms with E-state index in [0.717, 1.165) is 22.8 Å². The van der Waals surface area contributed by atoms with Gasteiger partial charge in [0.05, 0.1) is 47.3 Å². The Balaban J connectivity index is 0.000000140. The standard InChI is InChI=1S/C8H6N4S.C6H5N3S/c9-1-2-12-3-7(10-5-12)8-4-13-6-11-8;1-5(8-3-7-1)6-2-10-4-9-6/h3-6H,2H2;1-4H,(H,7,8). The van der Waals surface area contributed by atoms with Gasteiger partial charge in [0.25, 0.3) is 0 Å². The Hall–Kier alpha value is -2.83. The van der Waals surface area contributed by atoms with Crippen LogP contribution in [-0.2, 0) is 6.54 Å². The van der Waals surface area contributed by atoms with Crippen LogP contribution in [0.2, 0.25) is 0 Å². The van der Waals surface area contributed by atoms with Crippen molar-refractivity contribution in [3.63, 3.8) is 0 Å². The number of H-pyrrole nitrogens is 1. The van der Waals surface area contributed by atoms with Crippen molar-refractivity contribution >= 4 is 22.7 Å². The van der Waals surface area contributed by atoms with E-state index in [9.17, 15) is 0 Å². The zero-order valence-corrected chi connectivity index (χ0v) is 13.5. The normalized spacial score (nSPS) is 9.87. The van der Waals surface area contributed by atoms with Crippen LogP contribution in [0.4, 0.5) is 0 Å². The molecule has 4 aromatic heterocycles. The molecule has 4 rings (SSSR count). The lowest BCUT2D eigenvalue weighted by molar-refractivity contribution is 0.830. The van der Waals surface area contributed by atoms with Crippen LogP contribution >= 0.6 is 22.7 Å². The summed E-state index contributed by atoms with van der Waals surface area (Å²) in [4.78, 5) is 19.2. The molecule has 0 unspecified atom stereocenters. The maximum Gasteiger partial charge on any atom is 0.111 e. The highest BCUT2D eigenvalue weighted by atomic mass is 32.1. The summed E-state index contributed by atoms with van der Waals surface area (Å²) < 4.78 is 1.73. The van der Waals surface area contributed by atoms with Crippen molar-refractivity contribution in [1.29, 1.82) is 5.26 Å². The molecule has 0 saturated carbocycles. The van der Waals surface area contributed by atoms with E-state index < -0.39 is 0 Å². The van der Waals surface area contributed by atoms with Crippen molar-refractivity contribution in [2.45, 2.75) is 6.54 Å². The number of nitrogens with one attached hydrogen (secondary N) is 1. The summed E-state index contributed by atoms with van der Waals surface area (Å²) in [7, 11) is 0. The minimum Gasteiger partial charge on any atom is -0.343 e. The first-order chi connectivity index (χ1) is 11.4. The van der Waals surface area contributed by atoms with Gasteiger partial charge in [0.2, 0.25) is 0 Å². The maximum atomic E-state index is 8.45. The second-order valence-corrected chi connectivity index (χ2v) is 5.74. The van der Waals surface area contributed by atoms with E-state index in [2.05, 4.69) is 24.9 Å². The van der Waals surface area contributed by atoms with Crippen molar-refractivity contribution in [2.75, 3.05) is 0 Å². The Morgan fingerprint density at radius 2 is 1.87 bits per heavy atom. The van der Waals surface area contributed by atoms with E-state index >= 15 is 0 Å². The molecule has 0 aliphatic heterocycles. The van der Waals surface area contributed by atoms with Crippen molar-refractivity contribution < 1.29 is 0 Å². The van der Waals surface area contributed by atoms with Gasteiger partial charge in [-0.2, -0.15) is 5.26 Å². The Morgan fingerprint density at radius 3 is 2.48 bits per heavy atom. The molecule has 0 spiro atoms. The minimum atomic E-state index is 0.330. The van der Waals surface area contributed by atoms with E-state index in [-0.39, 0.29) is 0 Å². The second-order valence-electron chi connectivity index (χ2n) is 4.30. The van der Waals surface area contributed by atoms with Gasteiger partial charge in [-0.1, -0.05) is 0 Å². The summed E-state index contributed by atoms with van der Waals surface area (Å²) >= 11 is 3.11. The number of imidazole rings is 2. The molecule has 0 aliphatic rings. The molecule has 0 aromatic carbocycles. The lowest BCUT2D eigenvalue weighted by Gasteiger charge is -1.88. The van der Waals surface area contributed by atoms with E-state index in [1.165, 1.54) is 11.3 Å². The van der Waals surface area contributed by atoms with Crippen LogP contribution in [0.15, 0.2) is 46.8 Å². The number of hydrogen-bond acceptors (Lipinski definition) is 7. The summed E-state index contributed by atoms with van der Waals surface area (Å²) in [5.74, 6) is 0. The average molecular weight is 341 g/mol. The van der Waals surface area contributed by atoms with E-state index in [4.69, 9.17) is 5.26 Å². The Kier molecular flexibility index (Phi) is 4.88. The summed E-state index contributed by atoms with van der Waals surface area (Å²) in [5, 5.41) is 12.4. The van der Waals surface area contributed by atoms with Crippen LogP contribution in [0.1, 0.15) is 0 Å². The monoisotopic (exact) mass is 341 g/mol. The highest BCUT2D eigenvalue weighted by Crippen LogP contribution is 2.16. The van der Waals surface area contributed by atoms with Gasteiger partial charge in [0.1, 0.15) is 17.9 Å². The van der Waals surface area contributed by atoms with E-state index in [1.54, 1.807) is 45.8 Å². The molecule has 7 nitrogen and oxygen atoms in total. The molecule has 0 bridgehead atoms. The minimum absolute atomic E-state index is 0.330. The molecule has 0 fully saturated rings. The number of hydrogen-bond donors (Lipinski definition) is 1. The molecule has 114 valence electrons. The molecule has 23 heavy (non-hydrogen) atoms. The van der Waals surface area contributed by atoms with Crippen LogP contribution in [0, 0.1) is 11.3 Å². The highest BCUT2D eigenvalue weighted by Gasteiger charge is 2.02. The van der Waals surface area contributed by atoms with Crippen LogP contribution in [0.5, 0.6) is 0 Å². The molecule has 0 saturated heterocycles. The summed E-state index contributed by atoms with van der Waals surface area (Å²) in [5.41, 5.74) is 7.18. The number of rotatable bonds is 3. The molecule has 1 N–H and O–H groups in total. The number of aromatic nitrogens is 6. The zero-order valence-electron chi connectivity index (χ0n) is 11.8. The smallest absolute Gasteiger partial charge is 0.111 e. The van der Waals surface area contributed by atoms with Crippen LogP contribution < -0.4 is 0 Å². The average Bonchev–Trinajstić information content (AvgIpc) is 3.33. The molecular formula is C14H11N7S2. The third-order valence-corrected chi connectivity index (χ3v) is 3.96. The van der Waals surface area contributed by atoms with Gasteiger partial charge < -0.3 is 9.55 Å². The third kappa shape index (κ3) is 3.88. The SMILES string of the molecule is N#CCn1cnc(-c2cscn2)c1.c1ncc(-c2cscn2)[nH]1. The summed E-state index contributed by atoms with van der Waals surface area (Å²) in [6.07, 6.45) is 6.86. The quantitative estimate of drug-likeness (QED) is 0.618. The molecule has 4 aromatic rings. The van der Waals surface area contributed by atoms with Crippen LogP contribution in [-0.4, -0.2) is 29.5 Å². The first-order valence-corrected chi connectivity index (χ1v) is 8.39. The fourth-order valence-corrected chi connectivity index (χ4v) is 2.84.